The zero-order valence-corrected chi connectivity index (χ0v) is 11.3. The topological polar surface area (TPSA) is 39.1 Å². The summed E-state index contributed by atoms with van der Waals surface area (Å²) in [4.78, 5) is 0. The number of aryl methyl sites for hydroxylation is 1. The van der Waals surface area contributed by atoms with Crippen molar-refractivity contribution in [3.63, 3.8) is 0 Å². The molecule has 4 heteroatoms. The average Bonchev–Trinajstić information content (AvgIpc) is 2.75. The molecule has 1 aromatic heterocycles. The number of nitrogens with one attached hydrogen (secondary N) is 1. The standard InChI is InChI=1S/C13H25N3O/c1-4-7-14-13(6-9-17-8-5-2)12-10-15-16(3)11-12/h10-11,13-14H,4-9H2,1-3H3. The average molecular weight is 239 g/mol. The monoisotopic (exact) mass is 239 g/mol. The smallest absolute Gasteiger partial charge is 0.0537 e. The quantitative estimate of drug-likeness (QED) is 0.672. The third-order valence-electron chi connectivity index (χ3n) is 2.67. The largest absolute Gasteiger partial charge is 0.381 e. The van der Waals surface area contributed by atoms with E-state index in [0.29, 0.717) is 6.04 Å². The minimum Gasteiger partial charge on any atom is -0.381 e. The number of ether oxygens (including phenoxy) is 1. The van der Waals surface area contributed by atoms with Crippen LogP contribution in [-0.4, -0.2) is 29.5 Å². The molecule has 1 heterocycles. The highest BCUT2D eigenvalue weighted by molar-refractivity contribution is 5.10. The van der Waals surface area contributed by atoms with Gasteiger partial charge in [0.15, 0.2) is 0 Å². The lowest BCUT2D eigenvalue weighted by molar-refractivity contribution is 0.124. The van der Waals surface area contributed by atoms with Crippen molar-refractivity contribution in [1.82, 2.24) is 15.1 Å². The van der Waals surface area contributed by atoms with Crippen LogP contribution in [0.4, 0.5) is 0 Å². The van der Waals surface area contributed by atoms with Crippen LogP contribution in [0.25, 0.3) is 0 Å². The van der Waals surface area contributed by atoms with Crippen LogP contribution in [0.2, 0.25) is 0 Å². The molecule has 1 atom stereocenters. The Morgan fingerprint density at radius 3 is 2.76 bits per heavy atom. The van der Waals surface area contributed by atoms with Gasteiger partial charge in [-0.1, -0.05) is 13.8 Å². The van der Waals surface area contributed by atoms with Crippen molar-refractivity contribution >= 4 is 0 Å². The van der Waals surface area contributed by atoms with Gasteiger partial charge in [0.25, 0.3) is 0 Å². The van der Waals surface area contributed by atoms with Gasteiger partial charge in [-0.15, -0.1) is 0 Å². The summed E-state index contributed by atoms with van der Waals surface area (Å²) in [5.41, 5.74) is 1.25. The molecule has 1 N–H and O–H groups in total. The van der Waals surface area contributed by atoms with Crippen molar-refractivity contribution in [3.8, 4) is 0 Å². The van der Waals surface area contributed by atoms with E-state index < -0.39 is 0 Å². The van der Waals surface area contributed by atoms with Crippen LogP contribution < -0.4 is 5.32 Å². The molecule has 98 valence electrons. The maximum atomic E-state index is 5.55. The molecule has 0 bridgehead atoms. The first-order valence-electron chi connectivity index (χ1n) is 6.57. The molecular formula is C13H25N3O. The molecular weight excluding hydrogens is 214 g/mol. The van der Waals surface area contributed by atoms with Gasteiger partial charge >= 0.3 is 0 Å². The van der Waals surface area contributed by atoms with E-state index in [0.717, 1.165) is 39.0 Å². The van der Waals surface area contributed by atoms with Gasteiger partial charge in [-0.3, -0.25) is 4.68 Å². The number of aromatic nitrogens is 2. The highest BCUT2D eigenvalue weighted by Gasteiger charge is 2.11. The first-order valence-corrected chi connectivity index (χ1v) is 6.57. The second-order valence-electron chi connectivity index (χ2n) is 4.36. The third kappa shape index (κ3) is 5.33. The van der Waals surface area contributed by atoms with Gasteiger partial charge in [0.1, 0.15) is 0 Å². The molecule has 0 aliphatic heterocycles. The molecule has 0 aliphatic carbocycles. The lowest BCUT2D eigenvalue weighted by atomic mass is 10.1. The van der Waals surface area contributed by atoms with E-state index in [1.807, 2.05) is 17.9 Å². The molecule has 0 saturated carbocycles. The third-order valence-corrected chi connectivity index (χ3v) is 2.67. The van der Waals surface area contributed by atoms with Gasteiger partial charge in [-0.2, -0.15) is 5.10 Å². The van der Waals surface area contributed by atoms with E-state index in [-0.39, 0.29) is 0 Å². The van der Waals surface area contributed by atoms with Gasteiger partial charge in [-0.25, -0.2) is 0 Å². The predicted molar refractivity (Wildman–Crippen MR) is 70.0 cm³/mol. The van der Waals surface area contributed by atoms with Crippen molar-refractivity contribution in [1.29, 1.82) is 0 Å². The molecule has 0 spiro atoms. The summed E-state index contributed by atoms with van der Waals surface area (Å²) in [6.45, 7) is 7.01. The minimum absolute atomic E-state index is 0.362. The predicted octanol–water partition coefficient (Wildman–Crippen LogP) is 2.28. The fourth-order valence-corrected chi connectivity index (χ4v) is 1.77. The Hall–Kier alpha value is -0.870. The lowest BCUT2D eigenvalue weighted by Gasteiger charge is -2.17. The normalized spacial score (nSPS) is 12.9. The summed E-state index contributed by atoms with van der Waals surface area (Å²) >= 11 is 0. The summed E-state index contributed by atoms with van der Waals surface area (Å²) in [6.07, 6.45) is 7.25. The second kappa shape index (κ2) is 8.25. The fourth-order valence-electron chi connectivity index (χ4n) is 1.77. The Morgan fingerprint density at radius 2 is 2.18 bits per heavy atom. The molecule has 0 radical (unpaired) electrons. The van der Waals surface area contributed by atoms with Crippen molar-refractivity contribution < 1.29 is 4.74 Å². The molecule has 0 saturated heterocycles. The Balaban J connectivity index is 2.42. The maximum absolute atomic E-state index is 5.55. The summed E-state index contributed by atoms with van der Waals surface area (Å²) in [5.74, 6) is 0. The molecule has 1 unspecified atom stereocenters. The van der Waals surface area contributed by atoms with Gasteiger partial charge in [0.2, 0.25) is 0 Å². The van der Waals surface area contributed by atoms with E-state index in [2.05, 4.69) is 30.5 Å². The summed E-state index contributed by atoms with van der Waals surface area (Å²) in [6, 6.07) is 0.362. The van der Waals surface area contributed by atoms with Crippen LogP contribution >= 0.6 is 0 Å². The van der Waals surface area contributed by atoms with E-state index in [4.69, 9.17) is 4.74 Å². The van der Waals surface area contributed by atoms with Crippen molar-refractivity contribution in [2.24, 2.45) is 7.05 Å². The van der Waals surface area contributed by atoms with Gasteiger partial charge < -0.3 is 10.1 Å². The number of nitrogens with zero attached hydrogens (tertiary/aromatic N) is 2. The van der Waals surface area contributed by atoms with Gasteiger partial charge in [0.05, 0.1) is 6.20 Å². The van der Waals surface area contributed by atoms with Crippen LogP contribution in [0.15, 0.2) is 12.4 Å². The molecule has 0 amide bonds. The molecule has 1 aromatic rings. The van der Waals surface area contributed by atoms with Crippen molar-refractivity contribution in [2.75, 3.05) is 19.8 Å². The van der Waals surface area contributed by atoms with Gasteiger partial charge in [0, 0.05) is 38.1 Å². The van der Waals surface area contributed by atoms with Crippen LogP contribution in [0, 0.1) is 0 Å². The molecule has 0 aromatic carbocycles. The zero-order chi connectivity index (χ0) is 12.5. The molecule has 17 heavy (non-hydrogen) atoms. The first-order chi connectivity index (χ1) is 8.27. The second-order valence-corrected chi connectivity index (χ2v) is 4.36. The van der Waals surface area contributed by atoms with Crippen LogP contribution in [-0.2, 0) is 11.8 Å². The minimum atomic E-state index is 0.362. The fraction of sp³-hybridized carbons (Fsp3) is 0.769. The highest BCUT2D eigenvalue weighted by Crippen LogP contribution is 2.15. The molecule has 4 nitrogen and oxygen atoms in total. The number of hydrogen-bond acceptors (Lipinski definition) is 3. The van der Waals surface area contributed by atoms with E-state index >= 15 is 0 Å². The molecule has 0 aliphatic rings. The zero-order valence-electron chi connectivity index (χ0n) is 11.3. The lowest BCUT2D eigenvalue weighted by Crippen LogP contribution is -2.23. The summed E-state index contributed by atoms with van der Waals surface area (Å²) in [5, 5.41) is 7.77. The van der Waals surface area contributed by atoms with E-state index in [1.165, 1.54) is 5.56 Å². The first kappa shape index (κ1) is 14.2. The van der Waals surface area contributed by atoms with E-state index in [9.17, 15) is 0 Å². The van der Waals surface area contributed by atoms with Crippen LogP contribution in [0.1, 0.15) is 44.7 Å². The molecule has 1 rings (SSSR count). The summed E-state index contributed by atoms with van der Waals surface area (Å²) in [7, 11) is 1.95. The van der Waals surface area contributed by atoms with Crippen LogP contribution in [0.3, 0.4) is 0 Å². The van der Waals surface area contributed by atoms with Gasteiger partial charge in [-0.05, 0) is 25.8 Å². The Bertz CT molecular complexity index is 299. The summed E-state index contributed by atoms with van der Waals surface area (Å²) < 4.78 is 7.40. The number of hydrogen-bond donors (Lipinski definition) is 1. The maximum Gasteiger partial charge on any atom is 0.0537 e. The van der Waals surface area contributed by atoms with Crippen molar-refractivity contribution in [2.45, 2.75) is 39.2 Å². The molecule has 0 fully saturated rings. The number of rotatable bonds is 9. The Kier molecular flexibility index (Phi) is 6.89. The van der Waals surface area contributed by atoms with E-state index in [1.54, 1.807) is 0 Å². The SMILES string of the molecule is CCCNC(CCOCCC)c1cnn(C)c1. The highest BCUT2D eigenvalue weighted by atomic mass is 16.5. The van der Waals surface area contributed by atoms with Crippen molar-refractivity contribution in [3.05, 3.63) is 18.0 Å². The Morgan fingerprint density at radius 1 is 1.35 bits per heavy atom. The van der Waals surface area contributed by atoms with Crippen LogP contribution in [0.5, 0.6) is 0 Å². The Labute approximate surface area is 104 Å².